The second kappa shape index (κ2) is 4.71. The van der Waals surface area contributed by atoms with Gasteiger partial charge in [0.1, 0.15) is 5.82 Å². The van der Waals surface area contributed by atoms with E-state index in [1.54, 1.807) is 29.0 Å². The molecule has 1 N–H and O–H groups in total. The van der Waals surface area contributed by atoms with E-state index >= 15 is 0 Å². The van der Waals surface area contributed by atoms with Crippen molar-refractivity contribution in [2.45, 2.75) is 6.04 Å². The summed E-state index contributed by atoms with van der Waals surface area (Å²) >= 11 is 0. The zero-order valence-electron chi connectivity index (χ0n) is 9.98. The molecule has 0 saturated carbocycles. The summed E-state index contributed by atoms with van der Waals surface area (Å²) in [5, 5.41) is 3.05. The Morgan fingerprint density at radius 2 is 2.29 bits per heavy atom. The molecule has 1 saturated heterocycles. The molecule has 0 aliphatic carbocycles. The summed E-state index contributed by atoms with van der Waals surface area (Å²) in [5.74, 6) is -0.324. The topological polar surface area (TPSA) is 35.6 Å². The fourth-order valence-corrected chi connectivity index (χ4v) is 2.05. The lowest BCUT2D eigenvalue weighted by Gasteiger charge is -2.16. The number of likely N-dealkylation sites (N-methyl/N-ethyl adjacent to an activating group) is 2. The van der Waals surface area contributed by atoms with E-state index in [4.69, 9.17) is 0 Å². The highest BCUT2D eigenvalue weighted by Gasteiger charge is 2.34. The number of carbonyl (C=O) groups is 1. The number of hydrogen-bond acceptors (Lipinski definition) is 2. The Hall–Kier alpha value is -1.62. The van der Waals surface area contributed by atoms with E-state index in [2.05, 4.69) is 5.32 Å². The maximum absolute atomic E-state index is 13.1. The van der Waals surface area contributed by atoms with E-state index in [-0.39, 0.29) is 17.9 Å². The predicted molar refractivity (Wildman–Crippen MR) is 64.6 cm³/mol. The van der Waals surface area contributed by atoms with Crippen LogP contribution < -0.4 is 10.2 Å². The van der Waals surface area contributed by atoms with Crippen LogP contribution in [-0.2, 0) is 0 Å². The van der Waals surface area contributed by atoms with Crippen molar-refractivity contribution in [2.75, 3.05) is 32.1 Å². The first-order valence-electron chi connectivity index (χ1n) is 5.58. The number of benzene rings is 1. The Kier molecular flexibility index (Phi) is 3.28. The van der Waals surface area contributed by atoms with Gasteiger partial charge < -0.3 is 10.2 Å². The Bertz CT molecular complexity index is 424. The van der Waals surface area contributed by atoms with E-state index in [1.165, 1.54) is 12.1 Å². The van der Waals surface area contributed by atoms with Gasteiger partial charge in [-0.25, -0.2) is 9.18 Å². The monoisotopic (exact) mass is 237 g/mol. The van der Waals surface area contributed by atoms with E-state index in [0.29, 0.717) is 12.2 Å². The summed E-state index contributed by atoms with van der Waals surface area (Å²) < 4.78 is 13.1. The largest absolute Gasteiger partial charge is 0.324 e. The van der Waals surface area contributed by atoms with Gasteiger partial charge in [-0.3, -0.25) is 4.90 Å². The summed E-state index contributed by atoms with van der Waals surface area (Å²) in [4.78, 5) is 15.3. The minimum Gasteiger partial charge on any atom is -0.321 e. The Morgan fingerprint density at radius 3 is 2.94 bits per heavy atom. The van der Waals surface area contributed by atoms with E-state index in [9.17, 15) is 9.18 Å². The maximum atomic E-state index is 13.1. The number of nitrogens with zero attached hydrogens (tertiary/aromatic N) is 2. The van der Waals surface area contributed by atoms with Crippen LogP contribution in [-0.4, -0.2) is 44.2 Å². The van der Waals surface area contributed by atoms with Gasteiger partial charge in [0.15, 0.2) is 0 Å². The van der Waals surface area contributed by atoms with Crippen LogP contribution in [0.4, 0.5) is 14.9 Å². The van der Waals surface area contributed by atoms with Gasteiger partial charge >= 0.3 is 6.03 Å². The number of hydrogen-bond donors (Lipinski definition) is 1. The van der Waals surface area contributed by atoms with E-state index in [0.717, 1.165) is 6.54 Å². The number of amides is 2. The summed E-state index contributed by atoms with van der Waals surface area (Å²) in [6, 6.07) is 6.15. The molecule has 1 aliphatic heterocycles. The van der Waals surface area contributed by atoms with Crippen LogP contribution in [0.1, 0.15) is 0 Å². The molecule has 17 heavy (non-hydrogen) atoms. The lowest BCUT2D eigenvalue weighted by molar-refractivity contribution is 0.218. The van der Waals surface area contributed by atoms with Crippen LogP contribution in [0.3, 0.4) is 0 Å². The second-order valence-corrected chi connectivity index (χ2v) is 4.20. The third kappa shape index (κ3) is 2.24. The van der Waals surface area contributed by atoms with Crippen molar-refractivity contribution < 1.29 is 9.18 Å². The molecule has 0 radical (unpaired) electrons. The minimum atomic E-state index is -0.324. The van der Waals surface area contributed by atoms with Gasteiger partial charge in [0.05, 0.1) is 6.04 Å². The Labute approximate surface area is 100 Å². The van der Waals surface area contributed by atoms with Crippen molar-refractivity contribution >= 4 is 11.7 Å². The molecule has 2 rings (SSSR count). The van der Waals surface area contributed by atoms with E-state index < -0.39 is 0 Å². The standard InChI is InChI=1S/C12H16FN3O/c1-14-7-11-8-16(12(17)15(11)2)10-5-3-4-9(13)6-10/h3-6,11,14H,7-8H2,1-2H3. The number of urea groups is 1. The summed E-state index contributed by atoms with van der Waals surface area (Å²) in [6.07, 6.45) is 0. The average Bonchev–Trinajstić information content (AvgIpc) is 2.58. The molecular weight excluding hydrogens is 221 g/mol. The number of rotatable bonds is 3. The molecular formula is C12H16FN3O. The molecule has 92 valence electrons. The SMILES string of the molecule is CNCC1CN(c2cccc(F)c2)C(=O)N1C. The van der Waals surface area contributed by atoms with Gasteiger partial charge in [-0.2, -0.15) is 0 Å². The molecule has 0 aromatic heterocycles. The number of carbonyl (C=O) groups excluding carboxylic acids is 1. The molecule has 1 unspecified atom stereocenters. The first kappa shape index (κ1) is 11.9. The highest BCUT2D eigenvalue weighted by molar-refractivity contribution is 5.94. The van der Waals surface area contributed by atoms with Crippen molar-refractivity contribution in [1.82, 2.24) is 10.2 Å². The van der Waals surface area contributed by atoms with Crippen LogP contribution in [0.25, 0.3) is 0 Å². The van der Waals surface area contributed by atoms with Crippen LogP contribution in [0.5, 0.6) is 0 Å². The smallest absolute Gasteiger partial charge is 0.321 e. The van der Waals surface area contributed by atoms with Crippen molar-refractivity contribution in [3.63, 3.8) is 0 Å². The highest BCUT2D eigenvalue weighted by atomic mass is 19.1. The number of halogens is 1. The highest BCUT2D eigenvalue weighted by Crippen LogP contribution is 2.23. The molecule has 1 atom stereocenters. The fraction of sp³-hybridized carbons (Fsp3) is 0.417. The first-order valence-corrected chi connectivity index (χ1v) is 5.58. The summed E-state index contributed by atoms with van der Waals surface area (Å²) in [5.41, 5.74) is 0.612. The summed E-state index contributed by atoms with van der Waals surface area (Å²) in [7, 11) is 3.62. The van der Waals surface area contributed by atoms with E-state index in [1.807, 2.05) is 7.05 Å². The van der Waals surface area contributed by atoms with Crippen molar-refractivity contribution in [3.8, 4) is 0 Å². The number of nitrogens with one attached hydrogen (secondary N) is 1. The van der Waals surface area contributed by atoms with Crippen LogP contribution in [0, 0.1) is 5.82 Å². The fourth-order valence-electron chi connectivity index (χ4n) is 2.05. The molecule has 1 aliphatic rings. The van der Waals surface area contributed by atoms with Gasteiger partial charge in [0.2, 0.25) is 0 Å². The Morgan fingerprint density at radius 1 is 1.53 bits per heavy atom. The van der Waals surface area contributed by atoms with Gasteiger partial charge in [0, 0.05) is 25.8 Å². The zero-order valence-corrected chi connectivity index (χ0v) is 9.98. The molecule has 5 heteroatoms. The molecule has 0 spiro atoms. The molecule has 1 aromatic carbocycles. The minimum absolute atomic E-state index is 0.0872. The van der Waals surface area contributed by atoms with Crippen molar-refractivity contribution in [2.24, 2.45) is 0 Å². The molecule has 1 fully saturated rings. The van der Waals surface area contributed by atoms with Gasteiger partial charge in [0.25, 0.3) is 0 Å². The second-order valence-electron chi connectivity index (χ2n) is 4.20. The molecule has 1 aromatic rings. The molecule has 4 nitrogen and oxygen atoms in total. The lowest BCUT2D eigenvalue weighted by atomic mass is 10.2. The van der Waals surface area contributed by atoms with Gasteiger partial charge in [-0.1, -0.05) is 6.07 Å². The lowest BCUT2D eigenvalue weighted by Crippen LogP contribution is -2.37. The van der Waals surface area contributed by atoms with Crippen LogP contribution in [0.2, 0.25) is 0 Å². The van der Waals surface area contributed by atoms with Crippen molar-refractivity contribution in [3.05, 3.63) is 30.1 Å². The zero-order chi connectivity index (χ0) is 12.4. The van der Waals surface area contributed by atoms with Crippen LogP contribution in [0.15, 0.2) is 24.3 Å². The quantitative estimate of drug-likeness (QED) is 0.859. The normalized spacial score (nSPS) is 20.2. The predicted octanol–water partition coefficient (Wildman–Crippen LogP) is 1.29. The summed E-state index contributed by atoms with van der Waals surface area (Å²) in [6.45, 7) is 1.31. The first-order chi connectivity index (χ1) is 8.13. The Balaban J connectivity index is 2.20. The number of anilines is 1. The van der Waals surface area contributed by atoms with Crippen molar-refractivity contribution in [1.29, 1.82) is 0 Å². The average molecular weight is 237 g/mol. The molecule has 1 heterocycles. The van der Waals surface area contributed by atoms with Crippen LogP contribution >= 0.6 is 0 Å². The van der Waals surface area contributed by atoms with Gasteiger partial charge in [-0.05, 0) is 25.2 Å². The molecule has 2 amide bonds. The third-order valence-electron chi connectivity index (χ3n) is 3.03. The maximum Gasteiger partial charge on any atom is 0.324 e. The molecule has 0 bridgehead atoms. The van der Waals surface area contributed by atoms with Gasteiger partial charge in [-0.15, -0.1) is 0 Å². The third-order valence-corrected chi connectivity index (χ3v) is 3.03.